The number of esters is 1. The van der Waals surface area contributed by atoms with E-state index in [2.05, 4.69) is 5.32 Å². The topological polar surface area (TPSA) is 92.8 Å². The Bertz CT molecular complexity index is 1090. The number of rotatable bonds is 5. The summed E-state index contributed by atoms with van der Waals surface area (Å²) in [6, 6.07) is 12.4. The van der Waals surface area contributed by atoms with Crippen LogP contribution in [0.1, 0.15) is 45.5 Å². The first-order chi connectivity index (χ1) is 14.8. The monoisotopic (exact) mass is 420 g/mol. The maximum atomic E-state index is 13.2. The van der Waals surface area contributed by atoms with Gasteiger partial charge in [-0.15, -0.1) is 0 Å². The van der Waals surface area contributed by atoms with E-state index in [-0.39, 0.29) is 5.78 Å². The molecule has 3 amide bonds. The molecule has 2 aromatic carbocycles. The van der Waals surface area contributed by atoms with E-state index in [4.69, 9.17) is 4.74 Å². The van der Waals surface area contributed by atoms with Crippen LogP contribution in [0.4, 0.5) is 4.79 Å². The van der Waals surface area contributed by atoms with Crippen molar-refractivity contribution in [3.8, 4) is 0 Å². The van der Waals surface area contributed by atoms with Crippen LogP contribution < -0.4 is 5.32 Å². The molecular weight excluding hydrogens is 396 g/mol. The van der Waals surface area contributed by atoms with Gasteiger partial charge in [-0.05, 0) is 55.9 Å². The molecule has 2 aliphatic rings. The highest BCUT2D eigenvalue weighted by atomic mass is 16.5. The van der Waals surface area contributed by atoms with Crippen LogP contribution in [0.25, 0.3) is 0 Å². The number of Topliss-reactive ketones (excluding diaryl/α,β-unsaturated/α-hetero) is 1. The smallest absolute Gasteiger partial charge is 0.326 e. The molecule has 7 heteroatoms. The van der Waals surface area contributed by atoms with Gasteiger partial charge < -0.3 is 10.1 Å². The SMILES string of the molecule is Cc1ccc(C)c(C(=O)COC(=O)CN2C(=O)N[C@]3(CCCc4ccccc43)C2=O)c1. The molecule has 1 fully saturated rings. The maximum Gasteiger partial charge on any atom is 0.326 e. The lowest BCUT2D eigenvalue weighted by Crippen LogP contribution is -2.46. The second-order valence-electron chi connectivity index (χ2n) is 8.14. The molecule has 1 aliphatic carbocycles. The minimum Gasteiger partial charge on any atom is -0.456 e. The molecule has 0 saturated carbocycles. The minimum atomic E-state index is -1.14. The number of nitrogens with one attached hydrogen (secondary N) is 1. The lowest BCUT2D eigenvalue weighted by molar-refractivity contribution is -0.147. The van der Waals surface area contributed by atoms with E-state index in [0.29, 0.717) is 12.0 Å². The molecule has 31 heavy (non-hydrogen) atoms. The number of aryl methyl sites for hydroxylation is 3. The van der Waals surface area contributed by atoms with E-state index in [1.165, 1.54) is 0 Å². The van der Waals surface area contributed by atoms with Gasteiger partial charge in [0.05, 0.1) is 0 Å². The van der Waals surface area contributed by atoms with Gasteiger partial charge in [0.2, 0.25) is 5.78 Å². The second-order valence-corrected chi connectivity index (χ2v) is 8.14. The first kappa shape index (κ1) is 20.8. The molecule has 4 rings (SSSR count). The average molecular weight is 420 g/mol. The van der Waals surface area contributed by atoms with Crippen molar-refractivity contribution in [1.29, 1.82) is 0 Å². The molecule has 1 heterocycles. The van der Waals surface area contributed by atoms with E-state index in [1.807, 2.05) is 50.2 Å². The van der Waals surface area contributed by atoms with Gasteiger partial charge >= 0.3 is 12.0 Å². The molecule has 1 aliphatic heterocycles. The summed E-state index contributed by atoms with van der Waals surface area (Å²) in [6.45, 7) is 2.71. The molecule has 1 spiro atoms. The molecule has 1 atom stereocenters. The van der Waals surface area contributed by atoms with Crippen molar-refractivity contribution in [2.24, 2.45) is 0 Å². The van der Waals surface area contributed by atoms with Crippen molar-refractivity contribution in [3.63, 3.8) is 0 Å². The fraction of sp³-hybridized carbons (Fsp3) is 0.333. The van der Waals surface area contributed by atoms with Crippen molar-refractivity contribution >= 4 is 23.7 Å². The van der Waals surface area contributed by atoms with Crippen LogP contribution in [0.3, 0.4) is 0 Å². The average Bonchev–Trinajstić information content (AvgIpc) is 2.98. The van der Waals surface area contributed by atoms with Crippen molar-refractivity contribution in [2.75, 3.05) is 13.2 Å². The summed E-state index contributed by atoms with van der Waals surface area (Å²) < 4.78 is 5.09. The van der Waals surface area contributed by atoms with Gasteiger partial charge in [-0.3, -0.25) is 19.3 Å². The Hall–Kier alpha value is -3.48. The summed E-state index contributed by atoms with van der Waals surface area (Å²) >= 11 is 0. The summed E-state index contributed by atoms with van der Waals surface area (Å²) in [5, 5.41) is 2.80. The van der Waals surface area contributed by atoms with Crippen LogP contribution >= 0.6 is 0 Å². The molecule has 160 valence electrons. The van der Waals surface area contributed by atoms with E-state index < -0.39 is 36.6 Å². The summed E-state index contributed by atoms with van der Waals surface area (Å²) in [5.41, 5.74) is 2.86. The largest absolute Gasteiger partial charge is 0.456 e. The Kier molecular flexibility index (Phi) is 5.35. The lowest BCUT2D eigenvalue weighted by Gasteiger charge is -2.33. The molecule has 1 saturated heterocycles. The highest BCUT2D eigenvalue weighted by Crippen LogP contribution is 2.39. The van der Waals surface area contributed by atoms with Crippen LogP contribution in [0.5, 0.6) is 0 Å². The molecule has 7 nitrogen and oxygen atoms in total. The maximum absolute atomic E-state index is 13.2. The summed E-state index contributed by atoms with van der Waals surface area (Å²) in [6.07, 6.45) is 2.07. The quantitative estimate of drug-likeness (QED) is 0.456. The van der Waals surface area contributed by atoms with E-state index in [1.54, 1.807) is 6.07 Å². The van der Waals surface area contributed by atoms with E-state index in [0.717, 1.165) is 40.0 Å². The van der Waals surface area contributed by atoms with Crippen molar-refractivity contribution in [3.05, 3.63) is 70.3 Å². The Morgan fingerprint density at radius 2 is 1.90 bits per heavy atom. The zero-order valence-corrected chi connectivity index (χ0v) is 17.6. The Balaban J connectivity index is 1.44. The number of hydrogen-bond donors (Lipinski definition) is 1. The highest BCUT2D eigenvalue weighted by molar-refractivity contribution is 6.09. The van der Waals surface area contributed by atoms with Crippen LogP contribution in [-0.2, 0) is 26.3 Å². The van der Waals surface area contributed by atoms with Gasteiger partial charge in [0.1, 0.15) is 12.1 Å². The molecule has 2 aromatic rings. The Morgan fingerprint density at radius 3 is 2.71 bits per heavy atom. The van der Waals surface area contributed by atoms with Crippen molar-refractivity contribution in [1.82, 2.24) is 10.2 Å². The molecule has 1 N–H and O–H groups in total. The number of ether oxygens (including phenoxy) is 1. The third-order valence-electron chi connectivity index (χ3n) is 6.00. The number of benzene rings is 2. The lowest BCUT2D eigenvalue weighted by atomic mass is 9.76. The number of carbonyl (C=O) groups is 4. The fourth-order valence-electron chi connectivity index (χ4n) is 4.39. The Labute approximate surface area is 180 Å². The number of hydrogen-bond acceptors (Lipinski definition) is 5. The fourth-order valence-corrected chi connectivity index (χ4v) is 4.39. The first-order valence-electron chi connectivity index (χ1n) is 10.3. The summed E-state index contributed by atoms with van der Waals surface area (Å²) in [4.78, 5) is 51.4. The van der Waals surface area contributed by atoms with Gasteiger partial charge in [-0.2, -0.15) is 0 Å². The van der Waals surface area contributed by atoms with Gasteiger partial charge in [-0.1, -0.05) is 42.0 Å². The summed E-state index contributed by atoms with van der Waals surface area (Å²) in [7, 11) is 0. The number of ketones is 1. The second kappa shape index (κ2) is 7.98. The highest BCUT2D eigenvalue weighted by Gasteiger charge is 2.54. The number of imide groups is 1. The summed E-state index contributed by atoms with van der Waals surface area (Å²) in [5.74, 6) is -1.59. The van der Waals surface area contributed by atoms with Crippen LogP contribution in [-0.4, -0.2) is 41.7 Å². The minimum absolute atomic E-state index is 0.329. The predicted octanol–water partition coefficient (Wildman–Crippen LogP) is 2.81. The standard InChI is InChI=1S/C24H24N2O5/c1-15-9-10-16(2)18(12-15)20(27)14-31-21(28)13-26-22(29)24(25-23(26)30)11-5-7-17-6-3-4-8-19(17)24/h3-4,6,8-10,12H,5,7,11,13-14H2,1-2H3,(H,25,30)/t24-/m0/s1. The van der Waals surface area contributed by atoms with Crippen molar-refractivity contribution < 1.29 is 23.9 Å². The zero-order valence-electron chi connectivity index (χ0n) is 17.6. The molecular formula is C24H24N2O5. The van der Waals surface area contributed by atoms with E-state index >= 15 is 0 Å². The molecule has 0 unspecified atom stereocenters. The van der Waals surface area contributed by atoms with Gasteiger partial charge in [0, 0.05) is 5.56 Å². The van der Waals surface area contributed by atoms with Crippen LogP contribution in [0, 0.1) is 13.8 Å². The van der Waals surface area contributed by atoms with Gasteiger partial charge in [0.25, 0.3) is 5.91 Å². The van der Waals surface area contributed by atoms with Crippen LogP contribution in [0.15, 0.2) is 42.5 Å². The molecule has 0 radical (unpaired) electrons. The third kappa shape index (κ3) is 3.71. The van der Waals surface area contributed by atoms with Gasteiger partial charge in [0.15, 0.2) is 6.61 Å². The number of amides is 3. The van der Waals surface area contributed by atoms with E-state index in [9.17, 15) is 19.2 Å². The van der Waals surface area contributed by atoms with Crippen molar-refractivity contribution in [2.45, 2.75) is 38.6 Å². The molecule has 0 aromatic heterocycles. The number of urea groups is 1. The zero-order chi connectivity index (χ0) is 22.2. The molecule has 0 bridgehead atoms. The third-order valence-corrected chi connectivity index (χ3v) is 6.00. The normalized spacial score (nSPS) is 19.9. The number of nitrogens with zero attached hydrogens (tertiary/aromatic N) is 1. The predicted molar refractivity (Wildman–Crippen MR) is 113 cm³/mol. The number of carbonyl (C=O) groups excluding carboxylic acids is 4. The Morgan fingerprint density at radius 1 is 1.13 bits per heavy atom. The number of fused-ring (bicyclic) bond motifs is 2. The van der Waals surface area contributed by atoms with Crippen LogP contribution in [0.2, 0.25) is 0 Å². The first-order valence-corrected chi connectivity index (χ1v) is 10.3. The van der Waals surface area contributed by atoms with Gasteiger partial charge in [-0.25, -0.2) is 4.79 Å².